The van der Waals surface area contributed by atoms with Crippen LogP contribution in [0.5, 0.6) is 0 Å². The quantitative estimate of drug-likeness (QED) is 0.830. The highest BCUT2D eigenvalue weighted by molar-refractivity contribution is 7.92. The number of rotatable bonds is 3. The Hall–Kier alpha value is -1.60. The maximum atomic E-state index is 12.7. The van der Waals surface area contributed by atoms with Crippen LogP contribution in [-0.2, 0) is 21.2 Å². The average molecular weight is 352 g/mol. The summed E-state index contributed by atoms with van der Waals surface area (Å²) in [5.74, 6) is 0.0119. The molecule has 3 rings (SSSR count). The standard InChI is InChI=1S/C17H24N2O4S/c1-12-10-14-11-13(4-5-16(14)19(12)24(3,21)22)17(20)18-8-6-15(23-2)7-9-18/h4-5,11-12,15H,6-10H2,1-3H3. The summed E-state index contributed by atoms with van der Waals surface area (Å²) in [6.07, 6.45) is 3.80. The number of ether oxygens (including phenoxy) is 1. The second-order valence-electron chi connectivity index (χ2n) is 6.68. The van der Waals surface area contributed by atoms with Crippen molar-refractivity contribution in [1.29, 1.82) is 0 Å². The number of carbonyl (C=O) groups is 1. The summed E-state index contributed by atoms with van der Waals surface area (Å²) in [5.41, 5.74) is 2.25. The van der Waals surface area contributed by atoms with Crippen LogP contribution in [0.1, 0.15) is 35.7 Å². The van der Waals surface area contributed by atoms with Crippen molar-refractivity contribution < 1.29 is 17.9 Å². The van der Waals surface area contributed by atoms with Gasteiger partial charge in [0, 0.05) is 31.8 Å². The highest BCUT2D eigenvalue weighted by Gasteiger charge is 2.33. The van der Waals surface area contributed by atoms with E-state index in [1.165, 1.54) is 10.6 Å². The molecular formula is C17H24N2O4S. The Labute approximate surface area is 143 Å². The van der Waals surface area contributed by atoms with Crippen LogP contribution in [0.15, 0.2) is 18.2 Å². The van der Waals surface area contributed by atoms with Crippen LogP contribution in [-0.4, -0.2) is 57.8 Å². The lowest BCUT2D eigenvalue weighted by Gasteiger charge is -2.31. The smallest absolute Gasteiger partial charge is 0.253 e. The minimum atomic E-state index is -3.30. The van der Waals surface area contributed by atoms with E-state index in [0.717, 1.165) is 18.4 Å². The minimum absolute atomic E-state index is 0.0119. The van der Waals surface area contributed by atoms with Gasteiger partial charge in [0.2, 0.25) is 10.0 Å². The van der Waals surface area contributed by atoms with Crippen molar-refractivity contribution in [2.45, 2.75) is 38.3 Å². The molecule has 0 aliphatic carbocycles. The first-order valence-electron chi connectivity index (χ1n) is 8.25. The van der Waals surface area contributed by atoms with Crippen LogP contribution >= 0.6 is 0 Å². The van der Waals surface area contributed by atoms with Crippen molar-refractivity contribution in [1.82, 2.24) is 4.90 Å². The summed E-state index contributed by atoms with van der Waals surface area (Å²) in [7, 11) is -1.60. The van der Waals surface area contributed by atoms with Gasteiger partial charge in [-0.2, -0.15) is 0 Å². The van der Waals surface area contributed by atoms with Gasteiger partial charge in [-0.15, -0.1) is 0 Å². The van der Waals surface area contributed by atoms with Crippen LogP contribution in [0.3, 0.4) is 0 Å². The molecule has 0 radical (unpaired) electrons. The molecule has 2 aliphatic rings. The van der Waals surface area contributed by atoms with E-state index >= 15 is 0 Å². The first-order chi connectivity index (χ1) is 11.3. The predicted molar refractivity (Wildman–Crippen MR) is 92.9 cm³/mol. The predicted octanol–water partition coefficient (Wildman–Crippen LogP) is 1.65. The molecule has 1 aromatic carbocycles. The zero-order valence-electron chi connectivity index (χ0n) is 14.4. The van der Waals surface area contributed by atoms with Gasteiger partial charge in [-0.25, -0.2) is 8.42 Å². The highest BCUT2D eigenvalue weighted by atomic mass is 32.2. The number of carbonyl (C=O) groups excluding carboxylic acids is 1. The fraction of sp³-hybridized carbons (Fsp3) is 0.588. The molecule has 0 spiro atoms. The molecule has 0 bridgehead atoms. The monoisotopic (exact) mass is 352 g/mol. The Morgan fingerprint density at radius 3 is 2.50 bits per heavy atom. The van der Waals surface area contributed by atoms with Crippen molar-refractivity contribution in [2.24, 2.45) is 0 Å². The number of anilines is 1. The number of benzene rings is 1. The average Bonchev–Trinajstić information content (AvgIpc) is 2.89. The van der Waals surface area contributed by atoms with Gasteiger partial charge in [0.05, 0.1) is 18.0 Å². The van der Waals surface area contributed by atoms with E-state index in [0.29, 0.717) is 30.8 Å². The molecule has 1 saturated heterocycles. The lowest BCUT2D eigenvalue weighted by atomic mass is 10.0. The van der Waals surface area contributed by atoms with Crippen LogP contribution in [0.4, 0.5) is 5.69 Å². The van der Waals surface area contributed by atoms with E-state index < -0.39 is 10.0 Å². The number of likely N-dealkylation sites (tertiary alicyclic amines) is 1. The molecule has 1 atom stereocenters. The second kappa shape index (κ2) is 6.37. The van der Waals surface area contributed by atoms with E-state index in [9.17, 15) is 13.2 Å². The molecule has 1 aromatic rings. The van der Waals surface area contributed by atoms with Gasteiger partial charge in [-0.05, 0) is 49.9 Å². The Kier molecular flexibility index (Phi) is 4.57. The fourth-order valence-corrected chi connectivity index (χ4v) is 4.98. The normalized spacial score (nSPS) is 21.9. The fourth-order valence-electron chi connectivity index (χ4n) is 3.72. The highest BCUT2D eigenvalue weighted by Crippen LogP contribution is 2.35. The van der Waals surface area contributed by atoms with E-state index in [1.54, 1.807) is 19.2 Å². The third-order valence-electron chi connectivity index (χ3n) is 4.90. The minimum Gasteiger partial charge on any atom is -0.381 e. The van der Waals surface area contributed by atoms with Crippen LogP contribution in [0.25, 0.3) is 0 Å². The summed E-state index contributed by atoms with van der Waals surface area (Å²) in [6, 6.07) is 5.23. The molecule has 7 heteroatoms. The lowest BCUT2D eigenvalue weighted by molar-refractivity contribution is 0.0350. The van der Waals surface area contributed by atoms with Crippen LogP contribution in [0, 0.1) is 0 Å². The molecule has 6 nitrogen and oxygen atoms in total. The first kappa shape index (κ1) is 17.2. The summed E-state index contributed by atoms with van der Waals surface area (Å²) in [4.78, 5) is 14.6. The maximum Gasteiger partial charge on any atom is 0.253 e. The lowest BCUT2D eigenvalue weighted by Crippen LogP contribution is -2.40. The summed E-state index contributed by atoms with van der Waals surface area (Å²) >= 11 is 0. The zero-order chi connectivity index (χ0) is 17.5. The van der Waals surface area contributed by atoms with Crippen molar-refractivity contribution in [2.75, 3.05) is 30.8 Å². The third kappa shape index (κ3) is 3.15. The second-order valence-corrected chi connectivity index (χ2v) is 8.54. The van der Waals surface area contributed by atoms with Crippen molar-refractivity contribution in [3.05, 3.63) is 29.3 Å². The Balaban J connectivity index is 1.80. The molecule has 132 valence electrons. The molecular weight excluding hydrogens is 328 g/mol. The van der Waals surface area contributed by atoms with Gasteiger partial charge >= 0.3 is 0 Å². The van der Waals surface area contributed by atoms with Gasteiger partial charge < -0.3 is 9.64 Å². The molecule has 2 heterocycles. The number of hydrogen-bond acceptors (Lipinski definition) is 4. The molecule has 24 heavy (non-hydrogen) atoms. The first-order valence-corrected chi connectivity index (χ1v) is 10.1. The number of nitrogens with zero attached hydrogens (tertiary/aromatic N) is 2. The van der Waals surface area contributed by atoms with Crippen molar-refractivity contribution in [3.63, 3.8) is 0 Å². The maximum absolute atomic E-state index is 12.7. The zero-order valence-corrected chi connectivity index (χ0v) is 15.2. The molecule has 1 unspecified atom stereocenters. The molecule has 2 aliphatic heterocycles. The third-order valence-corrected chi connectivity index (χ3v) is 6.17. The molecule has 1 amide bonds. The van der Waals surface area contributed by atoms with Gasteiger partial charge in [0.25, 0.3) is 5.91 Å². The van der Waals surface area contributed by atoms with Crippen molar-refractivity contribution in [3.8, 4) is 0 Å². The van der Waals surface area contributed by atoms with Gasteiger partial charge in [-0.3, -0.25) is 9.10 Å². The number of methoxy groups -OCH3 is 1. The van der Waals surface area contributed by atoms with Crippen LogP contribution in [0.2, 0.25) is 0 Å². The summed E-state index contributed by atoms with van der Waals surface area (Å²) in [5, 5.41) is 0. The Morgan fingerprint density at radius 2 is 1.92 bits per heavy atom. The Morgan fingerprint density at radius 1 is 1.25 bits per heavy atom. The number of hydrogen-bond donors (Lipinski definition) is 0. The van der Waals surface area contributed by atoms with E-state index in [1.807, 2.05) is 17.9 Å². The molecule has 0 N–H and O–H groups in total. The summed E-state index contributed by atoms with van der Waals surface area (Å²) in [6.45, 7) is 3.28. The Bertz CT molecular complexity index is 739. The SMILES string of the molecule is COC1CCN(C(=O)c2ccc3c(c2)CC(C)N3S(C)(=O)=O)CC1. The van der Waals surface area contributed by atoms with Crippen LogP contribution < -0.4 is 4.31 Å². The summed E-state index contributed by atoms with van der Waals surface area (Å²) < 4.78 is 30.7. The largest absolute Gasteiger partial charge is 0.381 e. The van der Waals surface area contributed by atoms with E-state index in [4.69, 9.17) is 4.74 Å². The molecule has 1 fully saturated rings. The van der Waals surface area contributed by atoms with Gasteiger partial charge in [0.1, 0.15) is 0 Å². The van der Waals surface area contributed by atoms with Gasteiger partial charge in [0.15, 0.2) is 0 Å². The number of amides is 1. The molecule has 0 aromatic heterocycles. The van der Waals surface area contributed by atoms with E-state index in [-0.39, 0.29) is 18.1 Å². The van der Waals surface area contributed by atoms with Crippen molar-refractivity contribution >= 4 is 21.6 Å². The topological polar surface area (TPSA) is 66.9 Å². The number of sulfonamides is 1. The molecule has 0 saturated carbocycles. The van der Waals surface area contributed by atoms with E-state index in [2.05, 4.69) is 0 Å². The number of piperidine rings is 1. The van der Waals surface area contributed by atoms with Gasteiger partial charge in [-0.1, -0.05) is 0 Å². The number of fused-ring (bicyclic) bond motifs is 1.